The van der Waals surface area contributed by atoms with E-state index in [0.29, 0.717) is 37.9 Å². The summed E-state index contributed by atoms with van der Waals surface area (Å²) in [7, 11) is 0. The fourth-order valence-electron chi connectivity index (χ4n) is 7.21. The molecule has 0 radical (unpaired) electrons. The lowest BCUT2D eigenvalue weighted by Gasteiger charge is -2.36. The van der Waals surface area contributed by atoms with Gasteiger partial charge in [0, 0.05) is 32.8 Å². The van der Waals surface area contributed by atoms with Gasteiger partial charge < -0.3 is 24.5 Å². The molecule has 41 heavy (non-hydrogen) atoms. The van der Waals surface area contributed by atoms with Crippen LogP contribution < -0.4 is 0 Å². The van der Waals surface area contributed by atoms with Gasteiger partial charge in [0.1, 0.15) is 23.8 Å². The first-order valence-corrected chi connectivity index (χ1v) is 14.5. The number of likely N-dealkylation sites (tertiary alicyclic amines) is 1. The van der Waals surface area contributed by atoms with Crippen molar-refractivity contribution in [2.45, 2.75) is 63.4 Å². The number of para-hydroxylation sites is 1. The van der Waals surface area contributed by atoms with Crippen LogP contribution in [0.5, 0.6) is 0 Å². The first kappa shape index (κ1) is 28.9. The van der Waals surface area contributed by atoms with Crippen molar-refractivity contribution in [1.82, 2.24) is 29.7 Å². The third-order valence-corrected chi connectivity index (χ3v) is 8.87. The van der Waals surface area contributed by atoms with Crippen LogP contribution in [0.15, 0.2) is 49.6 Å². The van der Waals surface area contributed by atoms with Crippen LogP contribution in [-0.2, 0) is 25.8 Å². The molecule has 2 aromatic rings. The molecule has 3 amide bonds. The Morgan fingerprint density at radius 1 is 1.17 bits per heavy atom. The lowest BCUT2D eigenvalue weighted by molar-refractivity contribution is -0.154. The quantitative estimate of drug-likeness (QED) is 0.369. The van der Waals surface area contributed by atoms with Crippen LogP contribution in [0.1, 0.15) is 39.5 Å². The number of amides is 3. The number of rotatable bonds is 13. The van der Waals surface area contributed by atoms with Gasteiger partial charge in [-0.3, -0.25) is 14.4 Å². The topological polar surface area (TPSA) is 121 Å². The van der Waals surface area contributed by atoms with E-state index in [4.69, 9.17) is 4.74 Å². The second kappa shape index (κ2) is 11.4. The average molecular weight is 565 g/mol. The Morgan fingerprint density at radius 2 is 1.90 bits per heavy atom. The lowest BCUT2D eigenvalue weighted by Crippen LogP contribution is -2.56. The summed E-state index contributed by atoms with van der Waals surface area (Å²) in [5.41, 5.74) is -0.521. The maximum Gasteiger partial charge on any atom is 0.250 e. The Kier molecular flexibility index (Phi) is 8.02. The number of carbonyl (C=O) groups is 3. The largest absolute Gasteiger partial charge is 0.396 e. The number of ether oxygens (including phenoxy) is 1. The second-order valence-corrected chi connectivity index (χ2v) is 11.5. The molecule has 11 heteroatoms. The van der Waals surface area contributed by atoms with Crippen molar-refractivity contribution in [3.05, 3.63) is 49.6 Å². The molecule has 5 rings (SSSR count). The van der Waals surface area contributed by atoms with E-state index in [9.17, 15) is 19.5 Å². The normalized spacial score (nSPS) is 28.2. The molecule has 1 aromatic heterocycles. The fourth-order valence-corrected chi connectivity index (χ4v) is 7.21. The van der Waals surface area contributed by atoms with Crippen molar-refractivity contribution in [1.29, 1.82) is 0 Å². The van der Waals surface area contributed by atoms with E-state index < -0.39 is 29.1 Å². The summed E-state index contributed by atoms with van der Waals surface area (Å²) in [5, 5.41) is 18.1. The smallest absolute Gasteiger partial charge is 0.250 e. The molecule has 1 spiro atoms. The molecule has 4 heterocycles. The highest BCUT2D eigenvalue weighted by Crippen LogP contribution is 2.63. The maximum atomic E-state index is 14.5. The lowest BCUT2D eigenvalue weighted by atomic mass is 9.66. The molecule has 0 aliphatic carbocycles. The number of hydrogen-bond donors (Lipinski definition) is 1. The minimum absolute atomic E-state index is 0.105. The molecule has 3 aliphatic heterocycles. The number of benzene rings is 1. The van der Waals surface area contributed by atoms with Gasteiger partial charge in [-0.2, -0.15) is 0 Å². The molecule has 3 fully saturated rings. The average Bonchev–Trinajstić information content (AvgIpc) is 3.66. The van der Waals surface area contributed by atoms with Crippen molar-refractivity contribution >= 4 is 28.8 Å². The fraction of sp³-hybridized carbons (Fsp3) is 0.567. The van der Waals surface area contributed by atoms with E-state index in [2.05, 4.69) is 23.5 Å². The van der Waals surface area contributed by atoms with Crippen molar-refractivity contribution < 1.29 is 24.2 Å². The molecule has 1 N–H and O–H groups in total. The van der Waals surface area contributed by atoms with Crippen LogP contribution in [0.3, 0.4) is 0 Å². The molecule has 3 saturated heterocycles. The van der Waals surface area contributed by atoms with E-state index in [1.165, 1.54) is 0 Å². The highest BCUT2D eigenvalue weighted by Gasteiger charge is 2.78. The number of hydrogen-bond acceptors (Lipinski definition) is 7. The minimum atomic E-state index is -1.14. The molecule has 11 nitrogen and oxygen atoms in total. The summed E-state index contributed by atoms with van der Waals surface area (Å²) in [4.78, 5) is 47.7. The van der Waals surface area contributed by atoms with Crippen molar-refractivity contribution in [3.63, 3.8) is 0 Å². The molecule has 1 aromatic carbocycles. The Hall–Kier alpha value is -3.57. The molecule has 2 bridgehead atoms. The van der Waals surface area contributed by atoms with Crippen molar-refractivity contribution in [2.75, 3.05) is 32.8 Å². The summed E-state index contributed by atoms with van der Waals surface area (Å²) in [6.45, 7) is 12.9. The zero-order valence-electron chi connectivity index (χ0n) is 23.9. The molecule has 3 aliphatic rings. The van der Waals surface area contributed by atoms with Gasteiger partial charge in [0.25, 0.3) is 0 Å². The highest BCUT2D eigenvalue weighted by molar-refractivity contribution is 5.99. The van der Waals surface area contributed by atoms with Gasteiger partial charge in [-0.05, 0) is 44.7 Å². The van der Waals surface area contributed by atoms with E-state index in [1.807, 2.05) is 38.1 Å². The van der Waals surface area contributed by atoms with Crippen molar-refractivity contribution in [2.24, 2.45) is 11.8 Å². The summed E-state index contributed by atoms with van der Waals surface area (Å²) < 4.78 is 8.41. The molecule has 0 saturated carbocycles. The summed E-state index contributed by atoms with van der Waals surface area (Å²) in [6.07, 6.45) is 5.45. The number of aliphatic hydroxyl groups excluding tert-OH is 1. The van der Waals surface area contributed by atoms with E-state index in [1.54, 1.807) is 31.5 Å². The Balaban J connectivity index is 1.53. The molecule has 5 atom stereocenters. The summed E-state index contributed by atoms with van der Waals surface area (Å²) >= 11 is 0. The molecule has 2 unspecified atom stereocenters. The SMILES string of the molecule is C=CCN(Cn1nnc2ccccc21)C(=O)C1N(CCCO)C(=O)[C@@H]2[C@H](C(=O)N(CC=C)CCC)[C@]3(C)CCC12O3. The third kappa shape index (κ3) is 4.64. The minimum Gasteiger partial charge on any atom is -0.396 e. The summed E-state index contributed by atoms with van der Waals surface area (Å²) in [5.74, 6) is -2.20. The van der Waals surface area contributed by atoms with Crippen molar-refractivity contribution in [3.8, 4) is 0 Å². The predicted molar refractivity (Wildman–Crippen MR) is 152 cm³/mol. The zero-order valence-corrected chi connectivity index (χ0v) is 23.9. The van der Waals surface area contributed by atoms with E-state index >= 15 is 0 Å². The molecular formula is C30H40N6O5. The standard InChI is InChI=1S/C30H40N6O5/c1-5-15-33(16-6-2)26(38)23-24-27(39)35(18-10-19-37)25(30(24)14-13-29(23,4)41-30)28(40)34(17-7-3)20-36-22-12-9-8-11-21(22)31-32-36/h5,7-9,11-12,23-25,37H,1,3,6,10,13-20H2,2,4H3/t23-,24+,25?,29+,30?/m1/s1. The van der Waals surface area contributed by atoms with Gasteiger partial charge in [-0.25, -0.2) is 4.68 Å². The van der Waals surface area contributed by atoms with Gasteiger partial charge in [0.15, 0.2) is 0 Å². The second-order valence-electron chi connectivity index (χ2n) is 11.5. The maximum absolute atomic E-state index is 14.5. The van der Waals surface area contributed by atoms with Gasteiger partial charge in [-0.1, -0.05) is 36.4 Å². The van der Waals surface area contributed by atoms with Crippen LogP contribution in [0.25, 0.3) is 11.0 Å². The molecular weight excluding hydrogens is 524 g/mol. The highest BCUT2D eigenvalue weighted by atomic mass is 16.5. The zero-order chi connectivity index (χ0) is 29.4. The number of fused-ring (bicyclic) bond motifs is 2. The monoisotopic (exact) mass is 564 g/mol. The Bertz CT molecular complexity index is 1340. The number of nitrogens with zero attached hydrogens (tertiary/aromatic N) is 6. The van der Waals surface area contributed by atoms with Crippen LogP contribution in [0.2, 0.25) is 0 Å². The first-order valence-electron chi connectivity index (χ1n) is 14.5. The summed E-state index contributed by atoms with van der Waals surface area (Å²) in [6, 6.07) is 6.55. The number of carbonyl (C=O) groups excluding carboxylic acids is 3. The van der Waals surface area contributed by atoms with Gasteiger partial charge >= 0.3 is 0 Å². The van der Waals surface area contributed by atoms with Gasteiger partial charge in [0.2, 0.25) is 17.7 Å². The molecule has 220 valence electrons. The van der Waals surface area contributed by atoms with Gasteiger partial charge in [-0.15, -0.1) is 18.3 Å². The van der Waals surface area contributed by atoms with E-state index in [0.717, 1.165) is 11.9 Å². The number of aliphatic hydroxyl groups is 1. The Labute approximate surface area is 240 Å². The van der Waals surface area contributed by atoms with Crippen LogP contribution in [0, 0.1) is 11.8 Å². The van der Waals surface area contributed by atoms with Gasteiger partial charge in [0.05, 0.1) is 23.0 Å². The van der Waals surface area contributed by atoms with Crippen LogP contribution in [-0.4, -0.2) is 103 Å². The van der Waals surface area contributed by atoms with Crippen LogP contribution in [0.4, 0.5) is 0 Å². The van der Waals surface area contributed by atoms with Crippen LogP contribution >= 0.6 is 0 Å². The first-order chi connectivity index (χ1) is 19.8. The van der Waals surface area contributed by atoms with E-state index in [-0.39, 0.29) is 44.1 Å². The predicted octanol–water partition coefficient (Wildman–Crippen LogP) is 1.98. The Morgan fingerprint density at radius 3 is 2.61 bits per heavy atom. The number of aromatic nitrogens is 3. The third-order valence-electron chi connectivity index (χ3n) is 8.87.